The molecule has 0 heterocycles. The van der Waals surface area contributed by atoms with Gasteiger partial charge in [-0.2, -0.15) is 0 Å². The molecule has 0 atom stereocenters. The summed E-state index contributed by atoms with van der Waals surface area (Å²) in [6.45, 7) is 4.74. The molecule has 0 unspecified atom stereocenters. The van der Waals surface area contributed by atoms with Crippen molar-refractivity contribution in [1.29, 1.82) is 0 Å². The van der Waals surface area contributed by atoms with E-state index in [2.05, 4.69) is 9.78 Å². The van der Waals surface area contributed by atoms with Crippen LogP contribution in [0.25, 0.3) is 0 Å². The van der Waals surface area contributed by atoms with Crippen LogP contribution in [0.1, 0.15) is 26.7 Å². The number of carbonyl (C=O) groups is 2. The van der Waals surface area contributed by atoms with Crippen molar-refractivity contribution in [3.8, 4) is 0 Å². The molecular weight excluding hydrogens is 256 g/mol. The highest BCUT2D eigenvalue weighted by molar-refractivity contribution is 5.53. The van der Waals surface area contributed by atoms with Gasteiger partial charge in [-0.25, -0.2) is 19.4 Å². The summed E-state index contributed by atoms with van der Waals surface area (Å²) in [7, 11) is 0. The van der Waals surface area contributed by atoms with Crippen molar-refractivity contribution in [2.45, 2.75) is 26.7 Å². The molecule has 0 aromatic heterocycles. The van der Waals surface area contributed by atoms with Crippen molar-refractivity contribution in [3.05, 3.63) is 0 Å². The number of hydrogen-bond donors (Lipinski definition) is 6. The first-order chi connectivity index (χ1) is 8.29. The summed E-state index contributed by atoms with van der Waals surface area (Å²) < 4.78 is 0. The van der Waals surface area contributed by atoms with Crippen LogP contribution in [0.15, 0.2) is 0 Å². The third-order valence-electron chi connectivity index (χ3n) is 0.591. The van der Waals surface area contributed by atoms with E-state index in [4.69, 9.17) is 40.5 Å². The second-order valence-corrected chi connectivity index (χ2v) is 2.23. The van der Waals surface area contributed by atoms with Crippen molar-refractivity contribution in [2.75, 3.05) is 13.2 Å². The Kier molecular flexibility index (Phi) is 41.5. The average Bonchev–Trinajstić information content (AvgIpc) is 2.19. The maximum absolute atomic E-state index is 8.56. The Hall–Kier alpha value is -1.62. The van der Waals surface area contributed by atoms with Gasteiger partial charge in [-0.15, -0.1) is 0 Å². The SMILES string of the molecule is CCCOO.CCCOO.O=C(O)O.O=C(O)O. The molecule has 0 saturated heterocycles. The zero-order valence-corrected chi connectivity index (χ0v) is 10.1. The van der Waals surface area contributed by atoms with E-state index in [1.807, 2.05) is 13.8 Å². The standard InChI is InChI=1S/2C3H8O2.2CH2O3/c2*1-2-3-5-4;2*2-1(3)4/h2*4H,2-3H2,1H3;2*(H2,2,3,4). The molecule has 18 heavy (non-hydrogen) atoms. The molecule has 0 aromatic rings. The van der Waals surface area contributed by atoms with Crippen LogP contribution < -0.4 is 0 Å². The first-order valence-corrected chi connectivity index (χ1v) is 4.66. The fourth-order valence-electron chi connectivity index (χ4n) is 0.183. The summed E-state index contributed by atoms with van der Waals surface area (Å²) in [5.41, 5.74) is 0. The van der Waals surface area contributed by atoms with Gasteiger partial charge in [0.1, 0.15) is 0 Å². The fraction of sp³-hybridized carbons (Fsp3) is 0.750. The summed E-state index contributed by atoms with van der Waals surface area (Å²) in [4.78, 5) is 24.5. The van der Waals surface area contributed by atoms with E-state index in [-0.39, 0.29) is 0 Å². The zero-order valence-electron chi connectivity index (χ0n) is 10.1. The maximum Gasteiger partial charge on any atom is 0.503 e. The lowest BCUT2D eigenvalue weighted by Crippen LogP contribution is -1.81. The fourth-order valence-corrected chi connectivity index (χ4v) is 0.183. The van der Waals surface area contributed by atoms with Crippen LogP contribution in [-0.2, 0) is 9.78 Å². The summed E-state index contributed by atoms with van der Waals surface area (Å²) in [6.07, 6.45) is -1.92. The van der Waals surface area contributed by atoms with Gasteiger partial charge in [0.15, 0.2) is 0 Å². The Labute approximate surface area is 103 Å². The maximum atomic E-state index is 8.56. The molecule has 0 aliphatic carbocycles. The minimum absolute atomic E-state index is 0.444. The van der Waals surface area contributed by atoms with Crippen LogP contribution in [0.5, 0.6) is 0 Å². The van der Waals surface area contributed by atoms with E-state index in [0.717, 1.165) is 12.8 Å². The minimum Gasteiger partial charge on any atom is -0.450 e. The van der Waals surface area contributed by atoms with Crippen molar-refractivity contribution < 1.29 is 50.3 Å². The Morgan fingerprint density at radius 3 is 0.944 bits per heavy atom. The monoisotopic (exact) mass is 276 g/mol. The molecule has 10 nitrogen and oxygen atoms in total. The highest BCUT2D eigenvalue weighted by Crippen LogP contribution is 1.70. The molecule has 0 spiro atoms. The van der Waals surface area contributed by atoms with Gasteiger partial charge in [0.2, 0.25) is 0 Å². The van der Waals surface area contributed by atoms with Gasteiger partial charge >= 0.3 is 12.3 Å². The van der Waals surface area contributed by atoms with Gasteiger partial charge in [-0.05, 0) is 12.8 Å². The Morgan fingerprint density at radius 2 is 0.944 bits per heavy atom. The Balaban J connectivity index is -0.0000000731. The minimum atomic E-state index is -1.83. The Morgan fingerprint density at radius 1 is 0.778 bits per heavy atom. The molecule has 0 amide bonds. The van der Waals surface area contributed by atoms with Crippen molar-refractivity contribution >= 4 is 12.3 Å². The lowest BCUT2D eigenvalue weighted by atomic mass is 10.5. The average molecular weight is 276 g/mol. The van der Waals surface area contributed by atoms with Crippen LogP contribution in [0.4, 0.5) is 9.59 Å². The molecule has 112 valence electrons. The van der Waals surface area contributed by atoms with Crippen LogP contribution in [0, 0.1) is 0 Å². The molecule has 0 bridgehead atoms. The molecule has 0 aliphatic rings. The first-order valence-electron chi connectivity index (χ1n) is 4.66. The molecule has 0 radical (unpaired) electrons. The molecule has 10 heteroatoms. The summed E-state index contributed by atoms with van der Waals surface area (Å²) in [6, 6.07) is 0. The number of rotatable bonds is 4. The van der Waals surface area contributed by atoms with Crippen LogP contribution in [-0.4, -0.2) is 56.5 Å². The van der Waals surface area contributed by atoms with E-state index in [1.165, 1.54) is 0 Å². The Bertz CT molecular complexity index is 130. The second kappa shape index (κ2) is 29.5. The lowest BCUT2D eigenvalue weighted by Gasteiger charge is -1.81. The van der Waals surface area contributed by atoms with E-state index >= 15 is 0 Å². The zero-order chi connectivity index (χ0) is 15.4. The quantitative estimate of drug-likeness (QED) is 0.330. The van der Waals surface area contributed by atoms with E-state index in [0.29, 0.717) is 13.2 Å². The van der Waals surface area contributed by atoms with Crippen LogP contribution in [0.2, 0.25) is 0 Å². The summed E-state index contributed by atoms with van der Waals surface area (Å²) >= 11 is 0. The van der Waals surface area contributed by atoms with E-state index in [9.17, 15) is 0 Å². The van der Waals surface area contributed by atoms with Gasteiger partial charge in [0, 0.05) is 0 Å². The molecule has 6 N–H and O–H groups in total. The first kappa shape index (κ1) is 25.3. The smallest absolute Gasteiger partial charge is 0.450 e. The molecule has 0 rings (SSSR count). The molecule has 0 fully saturated rings. The summed E-state index contributed by atoms with van der Waals surface area (Å²) in [5.74, 6) is 0. The molecule has 0 aliphatic heterocycles. The van der Waals surface area contributed by atoms with Crippen LogP contribution >= 0.6 is 0 Å². The van der Waals surface area contributed by atoms with Gasteiger partial charge in [0.25, 0.3) is 0 Å². The molecule has 0 saturated carbocycles. The summed E-state index contributed by atoms with van der Waals surface area (Å²) in [5, 5.41) is 43.0. The van der Waals surface area contributed by atoms with E-state index in [1.54, 1.807) is 0 Å². The third-order valence-corrected chi connectivity index (χ3v) is 0.591. The predicted octanol–water partition coefficient (Wildman–Crippen LogP) is 2.22. The van der Waals surface area contributed by atoms with Crippen molar-refractivity contribution in [1.82, 2.24) is 0 Å². The third kappa shape index (κ3) is 454. The lowest BCUT2D eigenvalue weighted by molar-refractivity contribution is -0.241. The second-order valence-electron chi connectivity index (χ2n) is 2.23. The van der Waals surface area contributed by atoms with Gasteiger partial charge < -0.3 is 20.4 Å². The van der Waals surface area contributed by atoms with Gasteiger partial charge in [-0.1, -0.05) is 13.8 Å². The van der Waals surface area contributed by atoms with Gasteiger partial charge in [-0.3, -0.25) is 10.5 Å². The van der Waals surface area contributed by atoms with Crippen LogP contribution in [0.3, 0.4) is 0 Å². The predicted molar refractivity (Wildman–Crippen MR) is 59.1 cm³/mol. The molecular formula is C8H20O10. The van der Waals surface area contributed by atoms with Gasteiger partial charge in [0.05, 0.1) is 13.2 Å². The highest BCUT2D eigenvalue weighted by atomic mass is 17.1. The van der Waals surface area contributed by atoms with E-state index < -0.39 is 12.3 Å². The van der Waals surface area contributed by atoms with Crippen molar-refractivity contribution in [2.24, 2.45) is 0 Å². The largest absolute Gasteiger partial charge is 0.503 e. The number of carboxylic acid groups (broad SMARTS) is 4. The number of hydrogen-bond acceptors (Lipinski definition) is 6. The topological polar surface area (TPSA) is 174 Å². The highest BCUT2D eigenvalue weighted by Gasteiger charge is 1.70. The van der Waals surface area contributed by atoms with Crippen molar-refractivity contribution in [3.63, 3.8) is 0 Å². The molecule has 0 aromatic carbocycles. The normalized spacial score (nSPS) is 7.33.